The van der Waals surface area contributed by atoms with Crippen molar-refractivity contribution in [2.45, 2.75) is 51.1 Å². The number of aryl methyl sites for hydroxylation is 1. The number of hydrogen-bond acceptors (Lipinski definition) is 5. The average Bonchev–Trinajstić information content (AvgIpc) is 3.23. The Morgan fingerprint density at radius 3 is 2.91 bits per heavy atom. The summed E-state index contributed by atoms with van der Waals surface area (Å²) in [7, 11) is 0. The van der Waals surface area contributed by atoms with Crippen LogP contribution >= 0.6 is 0 Å². The molecule has 2 aliphatic rings. The summed E-state index contributed by atoms with van der Waals surface area (Å²) < 4.78 is 48.6. The number of benzene rings is 1. The standard InChI is InChI=1S/C25H25F3N4O3/c26-25(27,28)35-12-9-16-7-8-20-17(13-16)14-18(15-34-20)30-24(33)22-23(19-5-1-3-10-29-19)32-11-4-2-6-21(32)31-22/h1,3,5,7-8,10,13,18H,2,4,6,9,11-12,14-15H2,(H,30,33)/t18-/m1/s1. The lowest BCUT2D eigenvalue weighted by Crippen LogP contribution is -2.43. The third-order valence-corrected chi connectivity index (χ3v) is 6.22. The molecule has 0 aliphatic carbocycles. The number of pyridine rings is 1. The van der Waals surface area contributed by atoms with Crippen molar-refractivity contribution in [3.63, 3.8) is 0 Å². The van der Waals surface area contributed by atoms with Gasteiger partial charge < -0.3 is 14.6 Å². The van der Waals surface area contributed by atoms with Crippen molar-refractivity contribution in [1.82, 2.24) is 19.9 Å². The van der Waals surface area contributed by atoms with Crippen LogP contribution in [-0.4, -0.2) is 46.1 Å². The number of amides is 1. The lowest BCUT2D eigenvalue weighted by atomic mass is 9.99. The van der Waals surface area contributed by atoms with E-state index in [0.717, 1.165) is 42.9 Å². The Morgan fingerprint density at radius 2 is 2.11 bits per heavy atom. The number of nitrogens with zero attached hydrogens (tertiary/aromatic N) is 3. The number of rotatable bonds is 6. The summed E-state index contributed by atoms with van der Waals surface area (Å²) in [4.78, 5) is 22.5. The van der Waals surface area contributed by atoms with E-state index in [1.165, 1.54) is 0 Å². The van der Waals surface area contributed by atoms with Crippen LogP contribution in [0, 0.1) is 0 Å². The van der Waals surface area contributed by atoms with E-state index in [4.69, 9.17) is 4.74 Å². The summed E-state index contributed by atoms with van der Waals surface area (Å²) >= 11 is 0. The molecule has 0 radical (unpaired) electrons. The Labute approximate surface area is 200 Å². The highest BCUT2D eigenvalue weighted by Crippen LogP contribution is 2.29. The number of fused-ring (bicyclic) bond motifs is 2. The first-order chi connectivity index (χ1) is 16.9. The summed E-state index contributed by atoms with van der Waals surface area (Å²) in [5.41, 5.74) is 3.32. The van der Waals surface area contributed by atoms with Gasteiger partial charge in [0.2, 0.25) is 0 Å². The zero-order valence-corrected chi connectivity index (χ0v) is 19.0. The van der Waals surface area contributed by atoms with E-state index in [1.807, 2.05) is 24.3 Å². The summed E-state index contributed by atoms with van der Waals surface area (Å²) in [5, 5.41) is 3.04. The van der Waals surface area contributed by atoms with Crippen molar-refractivity contribution in [2.75, 3.05) is 13.2 Å². The first-order valence-electron chi connectivity index (χ1n) is 11.6. The smallest absolute Gasteiger partial charge is 0.491 e. The lowest BCUT2D eigenvalue weighted by Gasteiger charge is -2.26. The molecule has 0 saturated carbocycles. The third-order valence-electron chi connectivity index (χ3n) is 6.22. The average molecular weight is 486 g/mol. The molecule has 7 nitrogen and oxygen atoms in total. The molecule has 184 valence electrons. The molecule has 1 amide bonds. The third kappa shape index (κ3) is 5.32. The molecule has 0 fully saturated rings. The summed E-state index contributed by atoms with van der Waals surface area (Å²) in [6, 6.07) is 10.6. The molecule has 1 N–H and O–H groups in total. The first kappa shape index (κ1) is 23.3. The van der Waals surface area contributed by atoms with Gasteiger partial charge >= 0.3 is 6.36 Å². The zero-order valence-electron chi connectivity index (χ0n) is 19.0. The number of alkyl halides is 3. The molecule has 0 saturated heterocycles. The second-order valence-corrected chi connectivity index (χ2v) is 8.72. The first-order valence-corrected chi connectivity index (χ1v) is 11.6. The number of carbonyl (C=O) groups excluding carboxylic acids is 1. The molecule has 0 bridgehead atoms. The van der Waals surface area contributed by atoms with Gasteiger partial charge in [-0.2, -0.15) is 0 Å². The van der Waals surface area contributed by atoms with Crippen molar-refractivity contribution in [1.29, 1.82) is 0 Å². The van der Waals surface area contributed by atoms with Crippen LogP contribution in [-0.2, 0) is 30.5 Å². The van der Waals surface area contributed by atoms with E-state index >= 15 is 0 Å². The van der Waals surface area contributed by atoms with Gasteiger partial charge in [-0.05, 0) is 55.0 Å². The van der Waals surface area contributed by atoms with Crippen molar-refractivity contribution in [3.8, 4) is 17.1 Å². The monoisotopic (exact) mass is 486 g/mol. The minimum Gasteiger partial charge on any atom is -0.491 e. The molecule has 10 heteroatoms. The van der Waals surface area contributed by atoms with Gasteiger partial charge in [0.05, 0.1) is 24.0 Å². The second-order valence-electron chi connectivity index (χ2n) is 8.72. The minimum atomic E-state index is -4.65. The normalized spacial score (nSPS) is 17.3. The van der Waals surface area contributed by atoms with Gasteiger partial charge in [0.25, 0.3) is 5.91 Å². The topological polar surface area (TPSA) is 78.3 Å². The van der Waals surface area contributed by atoms with Crippen molar-refractivity contribution < 1.29 is 27.4 Å². The highest BCUT2D eigenvalue weighted by atomic mass is 19.4. The summed E-state index contributed by atoms with van der Waals surface area (Å²) in [6.07, 6.45) is 0.542. The molecule has 1 aromatic carbocycles. The highest BCUT2D eigenvalue weighted by Gasteiger charge is 2.30. The van der Waals surface area contributed by atoms with Gasteiger partial charge in [0.15, 0.2) is 5.69 Å². The quantitative estimate of drug-likeness (QED) is 0.568. The molecule has 5 rings (SSSR count). The molecule has 0 spiro atoms. The van der Waals surface area contributed by atoms with E-state index in [0.29, 0.717) is 35.7 Å². The molecule has 2 aliphatic heterocycles. The lowest BCUT2D eigenvalue weighted by molar-refractivity contribution is -0.324. The largest absolute Gasteiger partial charge is 0.522 e. The molecular formula is C25H25F3N4O3. The molecule has 3 aromatic rings. The van der Waals surface area contributed by atoms with Crippen LogP contribution in [0.3, 0.4) is 0 Å². The highest BCUT2D eigenvalue weighted by molar-refractivity contribution is 5.98. The van der Waals surface area contributed by atoms with Gasteiger partial charge in [-0.25, -0.2) is 4.98 Å². The Kier molecular flexibility index (Phi) is 6.46. The van der Waals surface area contributed by atoms with Gasteiger partial charge in [-0.3, -0.25) is 14.5 Å². The Hall–Kier alpha value is -3.40. The van der Waals surface area contributed by atoms with Crippen LogP contribution in [0.15, 0.2) is 42.6 Å². The van der Waals surface area contributed by atoms with Crippen LogP contribution in [0.2, 0.25) is 0 Å². The Morgan fingerprint density at radius 1 is 1.23 bits per heavy atom. The fraction of sp³-hybridized carbons (Fsp3) is 0.400. The van der Waals surface area contributed by atoms with Crippen LogP contribution in [0.1, 0.15) is 40.3 Å². The van der Waals surface area contributed by atoms with Gasteiger partial charge in [0, 0.05) is 19.2 Å². The fourth-order valence-corrected chi connectivity index (χ4v) is 4.64. The van der Waals surface area contributed by atoms with Gasteiger partial charge in [-0.15, -0.1) is 13.2 Å². The van der Waals surface area contributed by atoms with E-state index < -0.39 is 13.0 Å². The van der Waals surface area contributed by atoms with E-state index in [2.05, 4.69) is 24.6 Å². The van der Waals surface area contributed by atoms with Crippen LogP contribution in [0.5, 0.6) is 5.75 Å². The molecule has 1 atom stereocenters. The summed E-state index contributed by atoms with van der Waals surface area (Å²) in [5.74, 6) is 1.26. The predicted molar refractivity (Wildman–Crippen MR) is 121 cm³/mol. The molecule has 4 heterocycles. The molecule has 2 aromatic heterocycles. The number of hydrogen-bond donors (Lipinski definition) is 1. The number of halogens is 3. The van der Waals surface area contributed by atoms with E-state index in [1.54, 1.807) is 18.3 Å². The van der Waals surface area contributed by atoms with Crippen molar-refractivity contribution in [2.24, 2.45) is 0 Å². The van der Waals surface area contributed by atoms with Crippen LogP contribution in [0.4, 0.5) is 13.2 Å². The Bertz CT molecular complexity index is 1210. The summed E-state index contributed by atoms with van der Waals surface area (Å²) in [6.45, 7) is 0.634. The number of carbonyl (C=O) groups is 1. The van der Waals surface area contributed by atoms with Crippen LogP contribution in [0.25, 0.3) is 11.4 Å². The van der Waals surface area contributed by atoms with Gasteiger partial charge in [0.1, 0.15) is 18.2 Å². The minimum absolute atomic E-state index is 0.122. The molecule has 0 unspecified atom stereocenters. The Balaban J connectivity index is 1.31. The van der Waals surface area contributed by atoms with Crippen molar-refractivity contribution in [3.05, 3.63) is 65.2 Å². The predicted octanol–water partition coefficient (Wildman–Crippen LogP) is 4.09. The number of aromatic nitrogens is 3. The maximum atomic E-state index is 13.3. The van der Waals surface area contributed by atoms with Crippen molar-refractivity contribution >= 4 is 5.91 Å². The van der Waals surface area contributed by atoms with E-state index in [-0.39, 0.29) is 18.4 Å². The van der Waals surface area contributed by atoms with Crippen LogP contribution < -0.4 is 10.1 Å². The molecular weight excluding hydrogens is 461 g/mol. The maximum Gasteiger partial charge on any atom is 0.522 e. The maximum absolute atomic E-state index is 13.3. The number of ether oxygens (including phenoxy) is 2. The fourth-order valence-electron chi connectivity index (χ4n) is 4.64. The van der Waals surface area contributed by atoms with Gasteiger partial charge in [-0.1, -0.05) is 18.2 Å². The zero-order chi connectivity index (χ0) is 24.4. The SMILES string of the molecule is O=C(N[C@H]1COc2ccc(CCOC(F)(F)F)cc2C1)c1nc2n(c1-c1ccccn1)CCCC2. The second kappa shape index (κ2) is 9.69. The molecule has 35 heavy (non-hydrogen) atoms. The van der Waals surface area contributed by atoms with E-state index in [9.17, 15) is 18.0 Å². The number of nitrogens with one attached hydrogen (secondary N) is 1. The number of imidazole rings is 1.